The summed E-state index contributed by atoms with van der Waals surface area (Å²) in [4.78, 5) is 0. The highest BCUT2D eigenvalue weighted by Crippen LogP contribution is 2.21. The Hall–Kier alpha value is -1.02. The van der Waals surface area contributed by atoms with Crippen molar-refractivity contribution in [3.8, 4) is 5.75 Å². The second-order valence-corrected chi connectivity index (χ2v) is 3.59. The van der Waals surface area contributed by atoms with Crippen LogP contribution in [0, 0.1) is 13.8 Å². The first-order valence-corrected chi connectivity index (χ1v) is 4.97. The molecular formula is C12H19NO. The van der Waals surface area contributed by atoms with Gasteiger partial charge in [0.2, 0.25) is 0 Å². The van der Waals surface area contributed by atoms with Gasteiger partial charge >= 0.3 is 0 Å². The number of nitrogens with one attached hydrogen (secondary N) is 1. The Kier molecular flexibility index (Phi) is 3.96. The smallest absolute Gasteiger partial charge is 0.119 e. The standard InChI is InChI=1S/C12H19NO/c1-9-7-11(14-4)8-10(2)12(9)5-6-13-3/h7-8,13H,5-6H2,1-4H3. The molecule has 0 atom stereocenters. The molecule has 1 rings (SSSR count). The van der Waals surface area contributed by atoms with Crippen LogP contribution in [0.5, 0.6) is 5.75 Å². The zero-order valence-electron chi connectivity index (χ0n) is 9.48. The Bertz CT molecular complexity index is 284. The summed E-state index contributed by atoms with van der Waals surface area (Å²) in [5, 5.41) is 3.17. The van der Waals surface area contributed by atoms with E-state index in [4.69, 9.17) is 4.74 Å². The van der Waals surface area contributed by atoms with Crippen LogP contribution in [0.3, 0.4) is 0 Å². The number of benzene rings is 1. The van der Waals surface area contributed by atoms with Crippen molar-refractivity contribution in [3.63, 3.8) is 0 Å². The molecule has 0 unspecified atom stereocenters. The van der Waals surface area contributed by atoms with Crippen LogP contribution in [0.2, 0.25) is 0 Å². The predicted octanol–water partition coefficient (Wildman–Crippen LogP) is 2.07. The number of likely N-dealkylation sites (N-methyl/N-ethyl adjacent to an activating group) is 1. The molecule has 0 saturated carbocycles. The molecule has 0 amide bonds. The lowest BCUT2D eigenvalue weighted by atomic mass is 9.99. The lowest BCUT2D eigenvalue weighted by Crippen LogP contribution is -2.12. The quantitative estimate of drug-likeness (QED) is 0.790. The van der Waals surface area contributed by atoms with Crippen LogP contribution in [0.15, 0.2) is 12.1 Å². The van der Waals surface area contributed by atoms with Crippen LogP contribution >= 0.6 is 0 Å². The molecule has 2 heteroatoms. The molecule has 1 aromatic rings. The molecule has 78 valence electrons. The molecule has 0 saturated heterocycles. The zero-order valence-corrected chi connectivity index (χ0v) is 9.48. The molecule has 0 bridgehead atoms. The molecule has 0 spiro atoms. The van der Waals surface area contributed by atoms with E-state index >= 15 is 0 Å². The van der Waals surface area contributed by atoms with Crippen molar-refractivity contribution in [2.24, 2.45) is 0 Å². The summed E-state index contributed by atoms with van der Waals surface area (Å²) in [5.74, 6) is 0.952. The van der Waals surface area contributed by atoms with Gasteiger partial charge in [0, 0.05) is 0 Å². The molecule has 14 heavy (non-hydrogen) atoms. The highest BCUT2D eigenvalue weighted by molar-refractivity contribution is 5.41. The summed E-state index contributed by atoms with van der Waals surface area (Å²) >= 11 is 0. The Morgan fingerprint density at radius 3 is 2.21 bits per heavy atom. The van der Waals surface area contributed by atoms with Crippen molar-refractivity contribution in [1.82, 2.24) is 5.32 Å². The second-order valence-electron chi connectivity index (χ2n) is 3.59. The van der Waals surface area contributed by atoms with Gasteiger partial charge < -0.3 is 10.1 Å². The Balaban J connectivity index is 2.93. The summed E-state index contributed by atoms with van der Waals surface area (Å²) in [6, 6.07) is 4.19. The molecule has 0 aliphatic rings. The van der Waals surface area contributed by atoms with Gasteiger partial charge in [-0.3, -0.25) is 0 Å². The van der Waals surface area contributed by atoms with Gasteiger partial charge in [-0.25, -0.2) is 0 Å². The summed E-state index contributed by atoms with van der Waals surface area (Å²) < 4.78 is 5.22. The van der Waals surface area contributed by atoms with E-state index in [1.807, 2.05) is 7.05 Å². The van der Waals surface area contributed by atoms with Crippen molar-refractivity contribution >= 4 is 0 Å². The van der Waals surface area contributed by atoms with Crippen LogP contribution in [-0.4, -0.2) is 20.7 Å². The number of aryl methyl sites for hydroxylation is 2. The van der Waals surface area contributed by atoms with Crippen LogP contribution in [-0.2, 0) is 6.42 Å². The topological polar surface area (TPSA) is 21.3 Å². The van der Waals surface area contributed by atoms with Crippen molar-refractivity contribution in [2.45, 2.75) is 20.3 Å². The van der Waals surface area contributed by atoms with E-state index in [0.717, 1.165) is 18.7 Å². The summed E-state index contributed by atoms with van der Waals surface area (Å²) in [5.41, 5.74) is 4.06. The lowest BCUT2D eigenvalue weighted by Gasteiger charge is -2.11. The summed E-state index contributed by atoms with van der Waals surface area (Å²) in [6.07, 6.45) is 1.08. The molecule has 1 aromatic carbocycles. The number of rotatable bonds is 4. The minimum Gasteiger partial charge on any atom is -0.497 e. The van der Waals surface area contributed by atoms with Crippen LogP contribution in [0.4, 0.5) is 0 Å². The van der Waals surface area contributed by atoms with E-state index in [1.165, 1.54) is 16.7 Å². The van der Waals surface area contributed by atoms with E-state index in [-0.39, 0.29) is 0 Å². The van der Waals surface area contributed by atoms with Gasteiger partial charge in [0.05, 0.1) is 7.11 Å². The average molecular weight is 193 g/mol. The number of hydrogen-bond acceptors (Lipinski definition) is 2. The molecule has 0 fully saturated rings. The number of hydrogen-bond donors (Lipinski definition) is 1. The molecule has 0 aliphatic carbocycles. The minimum atomic E-state index is 0.952. The third kappa shape index (κ3) is 2.48. The van der Waals surface area contributed by atoms with Gasteiger partial charge in [0.25, 0.3) is 0 Å². The van der Waals surface area contributed by atoms with Gasteiger partial charge in [0.15, 0.2) is 0 Å². The predicted molar refractivity (Wildman–Crippen MR) is 60.1 cm³/mol. The highest BCUT2D eigenvalue weighted by atomic mass is 16.5. The van der Waals surface area contributed by atoms with Gasteiger partial charge in [0.1, 0.15) is 5.75 Å². The Labute approximate surface area is 86.3 Å². The van der Waals surface area contributed by atoms with E-state index in [1.54, 1.807) is 7.11 Å². The average Bonchev–Trinajstić information content (AvgIpc) is 2.16. The van der Waals surface area contributed by atoms with Gasteiger partial charge in [-0.15, -0.1) is 0 Å². The Morgan fingerprint density at radius 1 is 1.21 bits per heavy atom. The van der Waals surface area contributed by atoms with Gasteiger partial charge in [-0.2, -0.15) is 0 Å². The van der Waals surface area contributed by atoms with E-state index in [2.05, 4.69) is 31.3 Å². The number of methoxy groups -OCH3 is 1. The van der Waals surface area contributed by atoms with E-state index < -0.39 is 0 Å². The first-order chi connectivity index (χ1) is 6.69. The molecule has 0 radical (unpaired) electrons. The molecule has 0 aromatic heterocycles. The maximum absolute atomic E-state index is 5.22. The van der Waals surface area contributed by atoms with E-state index in [0.29, 0.717) is 0 Å². The van der Waals surface area contributed by atoms with E-state index in [9.17, 15) is 0 Å². The maximum Gasteiger partial charge on any atom is 0.119 e. The fourth-order valence-corrected chi connectivity index (χ4v) is 1.72. The minimum absolute atomic E-state index is 0.952. The third-order valence-electron chi connectivity index (χ3n) is 2.53. The summed E-state index contributed by atoms with van der Waals surface area (Å²) in [6.45, 7) is 5.30. The molecule has 0 heterocycles. The SMILES string of the molecule is CNCCc1c(C)cc(OC)cc1C. The summed E-state index contributed by atoms with van der Waals surface area (Å²) in [7, 11) is 3.69. The third-order valence-corrected chi connectivity index (χ3v) is 2.53. The van der Waals surface area contributed by atoms with Crippen molar-refractivity contribution in [1.29, 1.82) is 0 Å². The monoisotopic (exact) mass is 193 g/mol. The fourth-order valence-electron chi connectivity index (χ4n) is 1.72. The van der Waals surface area contributed by atoms with Crippen LogP contribution < -0.4 is 10.1 Å². The molecule has 2 nitrogen and oxygen atoms in total. The van der Waals surface area contributed by atoms with Crippen molar-refractivity contribution in [2.75, 3.05) is 20.7 Å². The molecule has 1 N–H and O–H groups in total. The van der Waals surface area contributed by atoms with Gasteiger partial charge in [-0.05, 0) is 62.7 Å². The highest BCUT2D eigenvalue weighted by Gasteiger charge is 2.04. The number of ether oxygens (including phenoxy) is 1. The second kappa shape index (κ2) is 5.01. The molecule has 0 aliphatic heterocycles. The van der Waals surface area contributed by atoms with Gasteiger partial charge in [-0.1, -0.05) is 0 Å². The fraction of sp³-hybridized carbons (Fsp3) is 0.500. The first kappa shape index (κ1) is 11.1. The molecular weight excluding hydrogens is 174 g/mol. The van der Waals surface area contributed by atoms with Crippen LogP contribution in [0.25, 0.3) is 0 Å². The van der Waals surface area contributed by atoms with Crippen molar-refractivity contribution < 1.29 is 4.74 Å². The van der Waals surface area contributed by atoms with Crippen molar-refractivity contribution in [3.05, 3.63) is 28.8 Å². The normalized spacial score (nSPS) is 10.3. The van der Waals surface area contributed by atoms with Crippen LogP contribution in [0.1, 0.15) is 16.7 Å². The lowest BCUT2D eigenvalue weighted by molar-refractivity contribution is 0.414. The Morgan fingerprint density at radius 2 is 1.79 bits per heavy atom. The zero-order chi connectivity index (χ0) is 10.6. The first-order valence-electron chi connectivity index (χ1n) is 4.97. The largest absolute Gasteiger partial charge is 0.497 e. The maximum atomic E-state index is 5.22.